The Balaban J connectivity index is 1.91. The zero-order valence-electron chi connectivity index (χ0n) is 12.1. The fourth-order valence-corrected chi connectivity index (χ4v) is 3.08. The summed E-state index contributed by atoms with van der Waals surface area (Å²) in [6.07, 6.45) is 2.88. The number of hydrogen-bond acceptors (Lipinski definition) is 2. The number of benzene rings is 1. The van der Waals surface area contributed by atoms with Crippen molar-refractivity contribution in [3.63, 3.8) is 0 Å². The number of H-pyrrole nitrogens is 1. The fourth-order valence-electron chi connectivity index (χ4n) is 3.08. The second-order valence-corrected chi connectivity index (χ2v) is 5.71. The Morgan fingerprint density at radius 1 is 1.30 bits per heavy atom. The maximum atomic E-state index is 12.8. The largest absolute Gasteiger partial charge is 0.360 e. The van der Waals surface area contributed by atoms with Crippen molar-refractivity contribution in [3.8, 4) is 0 Å². The minimum atomic E-state index is 0.144. The summed E-state index contributed by atoms with van der Waals surface area (Å²) in [6.45, 7) is 4.97. The first-order chi connectivity index (χ1) is 9.66. The number of rotatable bonds is 1. The molecule has 3 rings (SSSR count). The van der Waals surface area contributed by atoms with E-state index in [0.29, 0.717) is 0 Å². The molecule has 4 heteroatoms. The first-order valence-electron chi connectivity index (χ1n) is 7.22. The van der Waals surface area contributed by atoms with Crippen LogP contribution in [0.15, 0.2) is 30.5 Å². The summed E-state index contributed by atoms with van der Waals surface area (Å²) in [7, 11) is 2.12. The van der Waals surface area contributed by atoms with E-state index in [9.17, 15) is 4.79 Å². The molecule has 1 aromatic carbocycles. The lowest BCUT2D eigenvalue weighted by Crippen LogP contribution is -2.41. The predicted octanol–water partition coefficient (Wildman–Crippen LogP) is 2.33. The molecule has 1 amide bonds. The third kappa shape index (κ3) is 2.31. The summed E-state index contributed by atoms with van der Waals surface area (Å²) in [5.41, 5.74) is 1.81. The van der Waals surface area contributed by atoms with Crippen LogP contribution < -0.4 is 0 Å². The number of aromatic nitrogens is 1. The number of carbonyl (C=O) groups is 1. The Labute approximate surface area is 119 Å². The highest BCUT2D eigenvalue weighted by Crippen LogP contribution is 2.21. The Morgan fingerprint density at radius 2 is 2.10 bits per heavy atom. The molecular formula is C16H21N3O. The van der Waals surface area contributed by atoms with Crippen LogP contribution in [0.3, 0.4) is 0 Å². The van der Waals surface area contributed by atoms with Gasteiger partial charge >= 0.3 is 0 Å². The fraction of sp³-hybridized carbons (Fsp3) is 0.438. The van der Waals surface area contributed by atoms with Crippen molar-refractivity contribution in [2.24, 2.45) is 0 Å². The molecule has 2 heterocycles. The van der Waals surface area contributed by atoms with Crippen LogP contribution in [0.2, 0.25) is 0 Å². The summed E-state index contributed by atoms with van der Waals surface area (Å²) in [6, 6.07) is 8.23. The topological polar surface area (TPSA) is 39.3 Å². The van der Waals surface area contributed by atoms with E-state index in [-0.39, 0.29) is 11.9 Å². The lowest BCUT2D eigenvalue weighted by molar-refractivity contribution is 0.0698. The molecule has 0 bridgehead atoms. The van der Waals surface area contributed by atoms with Crippen LogP contribution in [-0.2, 0) is 0 Å². The van der Waals surface area contributed by atoms with Gasteiger partial charge in [0.05, 0.1) is 5.56 Å². The van der Waals surface area contributed by atoms with Gasteiger partial charge in [-0.05, 0) is 33.0 Å². The number of hydrogen-bond donors (Lipinski definition) is 1. The van der Waals surface area contributed by atoms with Crippen molar-refractivity contribution in [2.45, 2.75) is 19.4 Å². The third-order valence-electron chi connectivity index (χ3n) is 4.13. The molecule has 1 N–H and O–H groups in total. The number of nitrogens with one attached hydrogen (secondary N) is 1. The first-order valence-corrected chi connectivity index (χ1v) is 7.22. The van der Waals surface area contributed by atoms with Gasteiger partial charge in [-0.25, -0.2) is 0 Å². The van der Waals surface area contributed by atoms with Crippen molar-refractivity contribution < 1.29 is 4.79 Å². The number of carbonyl (C=O) groups excluding carboxylic acids is 1. The van der Waals surface area contributed by atoms with Gasteiger partial charge in [0, 0.05) is 36.2 Å². The highest BCUT2D eigenvalue weighted by Gasteiger charge is 2.26. The van der Waals surface area contributed by atoms with Gasteiger partial charge in [0.15, 0.2) is 0 Å². The van der Waals surface area contributed by atoms with Crippen molar-refractivity contribution in [1.82, 2.24) is 14.8 Å². The molecule has 20 heavy (non-hydrogen) atoms. The zero-order valence-corrected chi connectivity index (χ0v) is 12.1. The van der Waals surface area contributed by atoms with Gasteiger partial charge in [0.2, 0.25) is 0 Å². The van der Waals surface area contributed by atoms with E-state index < -0.39 is 0 Å². The predicted molar refractivity (Wildman–Crippen MR) is 80.9 cm³/mol. The molecule has 1 unspecified atom stereocenters. The monoisotopic (exact) mass is 271 g/mol. The number of amides is 1. The SMILES string of the molecule is CC1CN(C)CCCN1C(=O)c1c[nH]c2ccccc12. The Morgan fingerprint density at radius 3 is 2.95 bits per heavy atom. The molecule has 106 valence electrons. The minimum Gasteiger partial charge on any atom is -0.360 e. The molecule has 1 atom stereocenters. The number of para-hydroxylation sites is 1. The van der Waals surface area contributed by atoms with Crippen LogP contribution >= 0.6 is 0 Å². The molecule has 1 aromatic heterocycles. The molecule has 2 aromatic rings. The smallest absolute Gasteiger partial charge is 0.256 e. The highest BCUT2D eigenvalue weighted by atomic mass is 16.2. The molecule has 1 saturated heterocycles. The lowest BCUT2D eigenvalue weighted by Gasteiger charge is -2.27. The van der Waals surface area contributed by atoms with E-state index in [0.717, 1.165) is 42.5 Å². The van der Waals surface area contributed by atoms with E-state index in [1.54, 1.807) is 0 Å². The van der Waals surface area contributed by atoms with E-state index in [1.165, 1.54) is 0 Å². The van der Waals surface area contributed by atoms with E-state index in [1.807, 2.05) is 35.4 Å². The number of likely N-dealkylation sites (N-methyl/N-ethyl adjacent to an activating group) is 1. The van der Waals surface area contributed by atoms with E-state index in [2.05, 4.69) is 23.9 Å². The van der Waals surface area contributed by atoms with Crippen molar-refractivity contribution >= 4 is 16.8 Å². The van der Waals surface area contributed by atoms with Gasteiger partial charge in [-0.1, -0.05) is 18.2 Å². The normalized spacial score (nSPS) is 21.1. The van der Waals surface area contributed by atoms with E-state index >= 15 is 0 Å². The first kappa shape index (κ1) is 13.2. The lowest BCUT2D eigenvalue weighted by atomic mass is 10.1. The number of nitrogens with zero attached hydrogens (tertiary/aromatic N) is 2. The average molecular weight is 271 g/mol. The molecule has 4 nitrogen and oxygen atoms in total. The van der Waals surface area contributed by atoms with Gasteiger partial charge in [0.25, 0.3) is 5.91 Å². The quantitative estimate of drug-likeness (QED) is 0.864. The van der Waals surface area contributed by atoms with Crippen LogP contribution in [0.1, 0.15) is 23.7 Å². The second-order valence-electron chi connectivity index (χ2n) is 5.71. The van der Waals surface area contributed by atoms with E-state index in [4.69, 9.17) is 0 Å². The summed E-state index contributed by atoms with van der Waals surface area (Å²) in [4.78, 5) is 20.3. The maximum absolute atomic E-state index is 12.8. The molecule has 0 spiro atoms. The summed E-state index contributed by atoms with van der Waals surface area (Å²) in [5.74, 6) is 0.144. The number of fused-ring (bicyclic) bond motifs is 1. The van der Waals surface area contributed by atoms with Crippen molar-refractivity contribution in [3.05, 3.63) is 36.0 Å². The molecule has 0 saturated carbocycles. The van der Waals surface area contributed by atoms with Crippen LogP contribution in [0.25, 0.3) is 10.9 Å². The standard InChI is InChI=1S/C16H21N3O/c1-12-11-18(2)8-5-9-19(12)16(20)14-10-17-15-7-4-3-6-13(14)15/h3-4,6-7,10,12,17H,5,8-9,11H2,1-2H3. The average Bonchev–Trinajstić information content (AvgIpc) is 2.78. The molecule has 0 aliphatic carbocycles. The van der Waals surface area contributed by atoms with Crippen LogP contribution in [-0.4, -0.2) is 53.4 Å². The van der Waals surface area contributed by atoms with Crippen molar-refractivity contribution in [1.29, 1.82) is 0 Å². The van der Waals surface area contributed by atoms with Gasteiger partial charge < -0.3 is 14.8 Å². The maximum Gasteiger partial charge on any atom is 0.256 e. The van der Waals surface area contributed by atoms with Crippen molar-refractivity contribution in [2.75, 3.05) is 26.7 Å². The molecule has 0 radical (unpaired) electrons. The summed E-state index contributed by atoms with van der Waals surface area (Å²) in [5, 5.41) is 1.02. The Hall–Kier alpha value is -1.81. The van der Waals surface area contributed by atoms with Gasteiger partial charge in [-0.2, -0.15) is 0 Å². The summed E-state index contributed by atoms with van der Waals surface area (Å²) >= 11 is 0. The second kappa shape index (κ2) is 5.29. The van der Waals surface area contributed by atoms with Gasteiger partial charge in [-0.15, -0.1) is 0 Å². The Kier molecular flexibility index (Phi) is 3.49. The third-order valence-corrected chi connectivity index (χ3v) is 4.13. The zero-order chi connectivity index (χ0) is 14.1. The van der Waals surface area contributed by atoms with Gasteiger partial charge in [-0.3, -0.25) is 4.79 Å². The summed E-state index contributed by atoms with van der Waals surface area (Å²) < 4.78 is 0. The Bertz CT molecular complexity index is 619. The highest BCUT2D eigenvalue weighted by molar-refractivity contribution is 6.06. The van der Waals surface area contributed by atoms with Gasteiger partial charge in [0.1, 0.15) is 0 Å². The molecule has 1 aliphatic rings. The molecule has 1 aliphatic heterocycles. The van der Waals surface area contributed by atoms with Crippen LogP contribution in [0.4, 0.5) is 0 Å². The minimum absolute atomic E-state index is 0.144. The molecular weight excluding hydrogens is 250 g/mol. The molecule has 1 fully saturated rings. The van der Waals surface area contributed by atoms with Crippen LogP contribution in [0, 0.1) is 0 Å². The number of aromatic amines is 1. The van der Waals surface area contributed by atoms with Crippen LogP contribution in [0.5, 0.6) is 0 Å².